The molecule has 0 radical (unpaired) electrons. The van der Waals surface area contributed by atoms with Crippen molar-refractivity contribution in [2.24, 2.45) is 5.92 Å². The molecule has 3 heteroatoms. The molecule has 1 atom stereocenters. The van der Waals surface area contributed by atoms with Crippen LogP contribution in [0.5, 0.6) is 0 Å². The van der Waals surface area contributed by atoms with Gasteiger partial charge in [-0.15, -0.1) is 0 Å². The molecular formula is C13H27N3. The Morgan fingerprint density at radius 2 is 1.94 bits per heavy atom. The third-order valence-electron chi connectivity index (χ3n) is 4.27. The molecule has 0 aromatic carbocycles. The van der Waals surface area contributed by atoms with Gasteiger partial charge in [0.05, 0.1) is 0 Å². The average Bonchev–Trinajstić information content (AvgIpc) is 2.33. The number of hydrogen-bond donors (Lipinski definition) is 1. The van der Waals surface area contributed by atoms with Crippen molar-refractivity contribution in [1.82, 2.24) is 15.1 Å². The van der Waals surface area contributed by atoms with E-state index in [1.165, 1.54) is 58.5 Å². The molecule has 0 spiro atoms. The SMILES string of the molecule is CCC1CNCCN1CC1CCN(C)CC1. The Morgan fingerprint density at radius 1 is 1.19 bits per heavy atom. The summed E-state index contributed by atoms with van der Waals surface area (Å²) < 4.78 is 0. The van der Waals surface area contributed by atoms with E-state index in [-0.39, 0.29) is 0 Å². The van der Waals surface area contributed by atoms with Crippen molar-refractivity contribution < 1.29 is 0 Å². The van der Waals surface area contributed by atoms with Crippen LogP contribution in [0.4, 0.5) is 0 Å². The summed E-state index contributed by atoms with van der Waals surface area (Å²) in [6.45, 7) is 9.89. The number of nitrogens with one attached hydrogen (secondary N) is 1. The molecule has 1 N–H and O–H groups in total. The van der Waals surface area contributed by atoms with Gasteiger partial charge in [-0.2, -0.15) is 0 Å². The van der Waals surface area contributed by atoms with Gasteiger partial charge in [-0.1, -0.05) is 6.92 Å². The van der Waals surface area contributed by atoms with Crippen LogP contribution >= 0.6 is 0 Å². The van der Waals surface area contributed by atoms with Crippen LogP contribution in [0, 0.1) is 5.92 Å². The van der Waals surface area contributed by atoms with E-state index in [0.717, 1.165) is 12.0 Å². The van der Waals surface area contributed by atoms with Gasteiger partial charge in [-0.3, -0.25) is 4.90 Å². The minimum atomic E-state index is 0.786. The Kier molecular flexibility index (Phi) is 4.62. The Morgan fingerprint density at radius 3 is 2.62 bits per heavy atom. The minimum Gasteiger partial charge on any atom is -0.314 e. The first-order chi connectivity index (χ1) is 7.79. The smallest absolute Gasteiger partial charge is 0.0218 e. The van der Waals surface area contributed by atoms with Crippen molar-refractivity contribution in [1.29, 1.82) is 0 Å². The summed E-state index contributed by atoms with van der Waals surface area (Å²) in [5.41, 5.74) is 0. The zero-order valence-corrected chi connectivity index (χ0v) is 10.9. The lowest BCUT2D eigenvalue weighted by molar-refractivity contribution is 0.106. The highest BCUT2D eigenvalue weighted by Crippen LogP contribution is 2.19. The summed E-state index contributed by atoms with van der Waals surface area (Å²) in [4.78, 5) is 5.19. The predicted octanol–water partition coefficient (Wildman–Crippen LogP) is 1.01. The molecule has 0 amide bonds. The van der Waals surface area contributed by atoms with Gasteiger partial charge < -0.3 is 10.2 Å². The molecular weight excluding hydrogens is 198 g/mol. The summed E-state index contributed by atoms with van der Waals surface area (Å²) in [5.74, 6) is 0.948. The van der Waals surface area contributed by atoms with Crippen molar-refractivity contribution >= 4 is 0 Å². The molecule has 0 aromatic heterocycles. The molecule has 2 saturated heterocycles. The molecule has 2 heterocycles. The first-order valence-corrected chi connectivity index (χ1v) is 6.93. The number of piperidine rings is 1. The molecule has 94 valence electrons. The molecule has 0 aliphatic carbocycles. The largest absolute Gasteiger partial charge is 0.314 e. The summed E-state index contributed by atoms with van der Waals surface area (Å²) in [5, 5.41) is 3.51. The van der Waals surface area contributed by atoms with Gasteiger partial charge in [-0.25, -0.2) is 0 Å². The van der Waals surface area contributed by atoms with E-state index in [2.05, 4.69) is 29.1 Å². The van der Waals surface area contributed by atoms with Crippen LogP contribution in [-0.4, -0.2) is 62.2 Å². The summed E-state index contributed by atoms with van der Waals surface area (Å²) in [6, 6.07) is 0.786. The van der Waals surface area contributed by atoms with Gasteiger partial charge in [0.1, 0.15) is 0 Å². The quantitative estimate of drug-likeness (QED) is 0.773. The van der Waals surface area contributed by atoms with Crippen molar-refractivity contribution in [2.75, 3.05) is 46.3 Å². The second-order valence-corrected chi connectivity index (χ2v) is 5.51. The second kappa shape index (κ2) is 5.99. The molecule has 3 nitrogen and oxygen atoms in total. The molecule has 2 aliphatic rings. The molecule has 2 fully saturated rings. The first-order valence-electron chi connectivity index (χ1n) is 6.93. The van der Waals surface area contributed by atoms with Crippen LogP contribution in [0.1, 0.15) is 26.2 Å². The van der Waals surface area contributed by atoms with Crippen molar-refractivity contribution in [3.8, 4) is 0 Å². The third kappa shape index (κ3) is 3.19. The monoisotopic (exact) mass is 225 g/mol. The average molecular weight is 225 g/mol. The third-order valence-corrected chi connectivity index (χ3v) is 4.27. The van der Waals surface area contributed by atoms with E-state index >= 15 is 0 Å². The fraction of sp³-hybridized carbons (Fsp3) is 1.00. The topological polar surface area (TPSA) is 18.5 Å². The highest BCUT2D eigenvalue weighted by molar-refractivity contribution is 4.82. The maximum absolute atomic E-state index is 3.51. The van der Waals surface area contributed by atoms with Gasteiger partial charge in [0, 0.05) is 32.2 Å². The summed E-state index contributed by atoms with van der Waals surface area (Å²) in [7, 11) is 2.25. The van der Waals surface area contributed by atoms with Gasteiger partial charge in [0.25, 0.3) is 0 Å². The number of likely N-dealkylation sites (tertiary alicyclic amines) is 1. The zero-order chi connectivity index (χ0) is 11.4. The molecule has 1 unspecified atom stereocenters. The standard InChI is InChI=1S/C13H27N3/c1-3-13-10-14-6-9-16(13)11-12-4-7-15(2)8-5-12/h12-14H,3-11H2,1-2H3. The van der Waals surface area contributed by atoms with Crippen LogP contribution < -0.4 is 5.32 Å². The number of hydrogen-bond acceptors (Lipinski definition) is 3. The molecule has 0 bridgehead atoms. The molecule has 0 saturated carbocycles. The molecule has 2 rings (SSSR count). The van der Waals surface area contributed by atoms with Gasteiger partial charge >= 0.3 is 0 Å². The summed E-state index contributed by atoms with van der Waals surface area (Å²) >= 11 is 0. The zero-order valence-electron chi connectivity index (χ0n) is 10.9. The highest BCUT2D eigenvalue weighted by atomic mass is 15.2. The van der Waals surface area contributed by atoms with Crippen LogP contribution in [0.3, 0.4) is 0 Å². The second-order valence-electron chi connectivity index (χ2n) is 5.51. The Bertz CT molecular complexity index is 199. The van der Waals surface area contributed by atoms with Gasteiger partial charge in [0.2, 0.25) is 0 Å². The van der Waals surface area contributed by atoms with Crippen LogP contribution in [0.15, 0.2) is 0 Å². The van der Waals surface area contributed by atoms with Crippen LogP contribution in [0.2, 0.25) is 0 Å². The van der Waals surface area contributed by atoms with E-state index < -0.39 is 0 Å². The van der Waals surface area contributed by atoms with E-state index in [1.54, 1.807) is 0 Å². The van der Waals surface area contributed by atoms with Gasteiger partial charge in [-0.05, 0) is 45.3 Å². The fourth-order valence-corrected chi connectivity index (χ4v) is 3.02. The van der Waals surface area contributed by atoms with Crippen LogP contribution in [0.25, 0.3) is 0 Å². The Balaban J connectivity index is 1.78. The van der Waals surface area contributed by atoms with Crippen molar-refractivity contribution in [2.45, 2.75) is 32.2 Å². The number of nitrogens with zero attached hydrogens (tertiary/aromatic N) is 2. The normalized spacial score (nSPS) is 30.8. The van der Waals surface area contributed by atoms with E-state index in [1.807, 2.05) is 0 Å². The first kappa shape index (κ1) is 12.3. The van der Waals surface area contributed by atoms with Crippen molar-refractivity contribution in [3.05, 3.63) is 0 Å². The number of piperazine rings is 1. The molecule has 0 aromatic rings. The highest BCUT2D eigenvalue weighted by Gasteiger charge is 2.25. The lowest BCUT2D eigenvalue weighted by atomic mass is 9.95. The van der Waals surface area contributed by atoms with Crippen LogP contribution in [-0.2, 0) is 0 Å². The molecule has 2 aliphatic heterocycles. The fourth-order valence-electron chi connectivity index (χ4n) is 3.02. The maximum Gasteiger partial charge on any atom is 0.0218 e. The lowest BCUT2D eigenvalue weighted by Gasteiger charge is -2.39. The van der Waals surface area contributed by atoms with Gasteiger partial charge in [0.15, 0.2) is 0 Å². The Hall–Kier alpha value is -0.120. The maximum atomic E-state index is 3.51. The lowest BCUT2D eigenvalue weighted by Crippen LogP contribution is -2.52. The Labute approximate surface area is 100 Å². The van der Waals surface area contributed by atoms with E-state index in [0.29, 0.717) is 0 Å². The van der Waals surface area contributed by atoms with E-state index in [9.17, 15) is 0 Å². The molecule has 16 heavy (non-hydrogen) atoms. The van der Waals surface area contributed by atoms with Crippen molar-refractivity contribution in [3.63, 3.8) is 0 Å². The predicted molar refractivity (Wildman–Crippen MR) is 68.7 cm³/mol. The number of rotatable bonds is 3. The minimum absolute atomic E-state index is 0.786. The summed E-state index contributed by atoms with van der Waals surface area (Å²) in [6.07, 6.45) is 4.09. The van der Waals surface area contributed by atoms with E-state index in [4.69, 9.17) is 0 Å².